The zero-order chi connectivity index (χ0) is 18.0. The Morgan fingerprint density at radius 2 is 1.96 bits per heavy atom. The highest BCUT2D eigenvalue weighted by atomic mass is 16.5. The van der Waals surface area contributed by atoms with Crippen LogP contribution in [-0.2, 0) is 16.0 Å². The third-order valence-electron chi connectivity index (χ3n) is 4.43. The number of anilines is 2. The Morgan fingerprint density at radius 1 is 1.20 bits per heavy atom. The van der Waals surface area contributed by atoms with Crippen LogP contribution in [0.1, 0.15) is 25.0 Å². The summed E-state index contributed by atoms with van der Waals surface area (Å²) in [5.74, 6) is 0.188. The molecular formula is C20H22N2O3. The topological polar surface area (TPSA) is 58.6 Å². The van der Waals surface area contributed by atoms with Gasteiger partial charge in [-0.05, 0) is 36.6 Å². The van der Waals surface area contributed by atoms with Crippen molar-refractivity contribution in [3.8, 4) is 5.75 Å². The molecule has 2 amide bonds. The molecule has 1 N–H and O–H groups in total. The summed E-state index contributed by atoms with van der Waals surface area (Å²) < 4.78 is 5.85. The van der Waals surface area contributed by atoms with Gasteiger partial charge in [0, 0.05) is 12.6 Å². The maximum Gasteiger partial charge on any atom is 0.267 e. The van der Waals surface area contributed by atoms with E-state index in [1.54, 1.807) is 11.0 Å². The lowest BCUT2D eigenvalue weighted by molar-refractivity contribution is -0.123. The van der Waals surface area contributed by atoms with Crippen LogP contribution in [0, 0.1) is 6.92 Å². The molecule has 0 saturated heterocycles. The Kier molecular flexibility index (Phi) is 4.74. The Labute approximate surface area is 147 Å². The number of hydrogen-bond acceptors (Lipinski definition) is 3. The van der Waals surface area contributed by atoms with E-state index >= 15 is 0 Å². The lowest BCUT2D eigenvalue weighted by Gasteiger charge is -2.33. The fourth-order valence-corrected chi connectivity index (χ4v) is 3.07. The number of nitrogens with zero attached hydrogens (tertiary/aromatic N) is 1. The molecule has 130 valence electrons. The van der Waals surface area contributed by atoms with Gasteiger partial charge in [-0.15, -0.1) is 0 Å². The number of para-hydroxylation sites is 3. The molecule has 0 saturated carbocycles. The Hall–Kier alpha value is -2.82. The van der Waals surface area contributed by atoms with Crippen molar-refractivity contribution in [3.05, 3.63) is 53.6 Å². The summed E-state index contributed by atoms with van der Waals surface area (Å²) in [7, 11) is 0. The minimum Gasteiger partial charge on any atom is -0.476 e. The van der Waals surface area contributed by atoms with Crippen LogP contribution >= 0.6 is 0 Å². The van der Waals surface area contributed by atoms with Crippen LogP contribution in [0.3, 0.4) is 0 Å². The van der Waals surface area contributed by atoms with Crippen LogP contribution in [0.5, 0.6) is 5.75 Å². The Balaban J connectivity index is 1.86. The lowest BCUT2D eigenvalue weighted by atomic mass is 10.1. The van der Waals surface area contributed by atoms with Gasteiger partial charge in [0.15, 0.2) is 6.10 Å². The Bertz CT molecular complexity index is 816. The first-order chi connectivity index (χ1) is 12.0. The standard InChI is InChI=1S/C20H22N2O3/c1-4-15-9-7-8-13(2)19(15)21-20(24)18-12-22(14(3)23)16-10-5-6-11-17(16)25-18/h5-11,18H,4,12H2,1-3H3,(H,21,24)/t18-/m1/s1. The SMILES string of the molecule is CCc1cccc(C)c1NC(=O)[C@H]1CN(C(C)=O)c2ccccc2O1. The van der Waals surface area contributed by atoms with E-state index in [4.69, 9.17) is 4.74 Å². The first-order valence-electron chi connectivity index (χ1n) is 8.44. The molecule has 0 spiro atoms. The fourth-order valence-electron chi connectivity index (χ4n) is 3.07. The largest absolute Gasteiger partial charge is 0.476 e. The summed E-state index contributed by atoms with van der Waals surface area (Å²) in [4.78, 5) is 26.4. The maximum absolute atomic E-state index is 12.8. The summed E-state index contributed by atoms with van der Waals surface area (Å²) in [6, 6.07) is 13.2. The van der Waals surface area contributed by atoms with Gasteiger partial charge in [0.2, 0.25) is 5.91 Å². The molecule has 1 aliphatic heterocycles. The van der Waals surface area contributed by atoms with Gasteiger partial charge in [-0.1, -0.05) is 37.3 Å². The molecule has 1 atom stereocenters. The van der Waals surface area contributed by atoms with E-state index in [0.29, 0.717) is 11.4 Å². The first kappa shape index (κ1) is 17.0. The third kappa shape index (κ3) is 3.36. The number of aryl methyl sites for hydroxylation is 2. The fraction of sp³-hybridized carbons (Fsp3) is 0.300. The molecule has 2 aromatic rings. The van der Waals surface area contributed by atoms with Crippen molar-refractivity contribution in [1.29, 1.82) is 0 Å². The summed E-state index contributed by atoms with van der Waals surface area (Å²) in [6.45, 7) is 5.71. The van der Waals surface area contributed by atoms with Crippen molar-refractivity contribution in [2.45, 2.75) is 33.3 Å². The van der Waals surface area contributed by atoms with Crippen molar-refractivity contribution in [2.75, 3.05) is 16.8 Å². The summed E-state index contributed by atoms with van der Waals surface area (Å²) in [6.07, 6.45) is 0.0775. The molecule has 0 unspecified atom stereocenters. The number of rotatable bonds is 3. The molecule has 1 aliphatic rings. The minimum atomic E-state index is -0.747. The number of carbonyl (C=O) groups is 2. The molecule has 25 heavy (non-hydrogen) atoms. The van der Waals surface area contributed by atoms with Crippen molar-refractivity contribution in [3.63, 3.8) is 0 Å². The number of carbonyl (C=O) groups excluding carboxylic acids is 2. The second-order valence-corrected chi connectivity index (χ2v) is 6.16. The quantitative estimate of drug-likeness (QED) is 0.934. The molecule has 0 radical (unpaired) electrons. The molecule has 3 rings (SSSR count). The number of nitrogens with one attached hydrogen (secondary N) is 1. The van der Waals surface area contributed by atoms with Gasteiger partial charge in [0.1, 0.15) is 5.75 Å². The molecule has 5 nitrogen and oxygen atoms in total. The van der Waals surface area contributed by atoms with E-state index in [9.17, 15) is 9.59 Å². The van der Waals surface area contributed by atoms with Crippen LogP contribution in [0.15, 0.2) is 42.5 Å². The highest BCUT2D eigenvalue weighted by Crippen LogP contribution is 2.33. The van der Waals surface area contributed by atoms with E-state index in [2.05, 4.69) is 12.2 Å². The van der Waals surface area contributed by atoms with Gasteiger partial charge in [0.05, 0.1) is 12.2 Å². The van der Waals surface area contributed by atoms with E-state index in [1.165, 1.54) is 6.92 Å². The van der Waals surface area contributed by atoms with Crippen LogP contribution in [0.25, 0.3) is 0 Å². The van der Waals surface area contributed by atoms with E-state index in [-0.39, 0.29) is 18.4 Å². The van der Waals surface area contributed by atoms with Crippen molar-refractivity contribution >= 4 is 23.2 Å². The van der Waals surface area contributed by atoms with Gasteiger partial charge in [0.25, 0.3) is 5.91 Å². The van der Waals surface area contributed by atoms with E-state index in [1.807, 2.05) is 43.3 Å². The average Bonchev–Trinajstić information content (AvgIpc) is 2.62. The summed E-state index contributed by atoms with van der Waals surface area (Å²) >= 11 is 0. The molecule has 5 heteroatoms. The minimum absolute atomic E-state index is 0.112. The molecule has 0 bridgehead atoms. The van der Waals surface area contributed by atoms with Crippen molar-refractivity contribution in [2.24, 2.45) is 0 Å². The van der Waals surface area contributed by atoms with E-state index in [0.717, 1.165) is 23.2 Å². The summed E-state index contributed by atoms with van der Waals surface area (Å²) in [5.41, 5.74) is 3.61. The van der Waals surface area contributed by atoms with Gasteiger partial charge in [-0.3, -0.25) is 9.59 Å². The van der Waals surface area contributed by atoms with Crippen LogP contribution in [0.4, 0.5) is 11.4 Å². The van der Waals surface area contributed by atoms with Crippen LogP contribution < -0.4 is 15.0 Å². The van der Waals surface area contributed by atoms with Gasteiger partial charge < -0.3 is 15.0 Å². The average molecular weight is 338 g/mol. The molecular weight excluding hydrogens is 316 g/mol. The predicted octanol–water partition coefficient (Wildman–Crippen LogP) is 3.31. The number of fused-ring (bicyclic) bond motifs is 1. The Morgan fingerprint density at radius 3 is 2.68 bits per heavy atom. The highest BCUT2D eigenvalue weighted by molar-refractivity contribution is 6.00. The monoisotopic (exact) mass is 338 g/mol. The summed E-state index contributed by atoms with van der Waals surface area (Å²) in [5, 5.41) is 2.99. The molecule has 0 aliphatic carbocycles. The lowest BCUT2D eigenvalue weighted by Crippen LogP contribution is -2.48. The highest BCUT2D eigenvalue weighted by Gasteiger charge is 2.32. The van der Waals surface area contributed by atoms with Gasteiger partial charge in [-0.25, -0.2) is 0 Å². The number of benzene rings is 2. The number of ether oxygens (including phenoxy) is 1. The van der Waals surface area contributed by atoms with Crippen LogP contribution in [0.2, 0.25) is 0 Å². The van der Waals surface area contributed by atoms with Crippen molar-refractivity contribution < 1.29 is 14.3 Å². The van der Waals surface area contributed by atoms with Crippen molar-refractivity contribution in [1.82, 2.24) is 0 Å². The molecule has 0 aromatic heterocycles. The third-order valence-corrected chi connectivity index (χ3v) is 4.43. The maximum atomic E-state index is 12.8. The van der Waals surface area contributed by atoms with Gasteiger partial charge >= 0.3 is 0 Å². The second-order valence-electron chi connectivity index (χ2n) is 6.16. The second kappa shape index (κ2) is 6.97. The van der Waals surface area contributed by atoms with E-state index < -0.39 is 6.10 Å². The number of amides is 2. The smallest absolute Gasteiger partial charge is 0.267 e. The predicted molar refractivity (Wildman–Crippen MR) is 98.1 cm³/mol. The van der Waals surface area contributed by atoms with Gasteiger partial charge in [-0.2, -0.15) is 0 Å². The number of hydrogen-bond donors (Lipinski definition) is 1. The zero-order valence-corrected chi connectivity index (χ0v) is 14.7. The van der Waals surface area contributed by atoms with Crippen LogP contribution in [-0.4, -0.2) is 24.5 Å². The normalized spacial score (nSPS) is 16.0. The molecule has 0 fully saturated rings. The molecule has 2 aromatic carbocycles. The molecule has 1 heterocycles. The first-order valence-corrected chi connectivity index (χ1v) is 8.44. The zero-order valence-electron chi connectivity index (χ0n) is 14.7.